The topological polar surface area (TPSA) is 151 Å². The molecular weight excluding hydrogens is 632 g/mol. The van der Waals surface area contributed by atoms with Crippen LogP contribution in [0.25, 0.3) is 10.8 Å². The van der Waals surface area contributed by atoms with Gasteiger partial charge in [-0.15, -0.1) is 0 Å². The fraction of sp³-hybridized carbons (Fsp3) is 0.556. The van der Waals surface area contributed by atoms with Crippen LogP contribution in [0.1, 0.15) is 84.1 Å². The maximum absolute atomic E-state index is 13.9. The van der Waals surface area contributed by atoms with E-state index in [1.165, 1.54) is 4.90 Å². The molecule has 4 atom stereocenters. The molecule has 0 spiro atoms. The number of carbonyl (C=O) groups excluding carboxylic acids is 4. The smallest absolute Gasteiger partial charge is 0.408 e. The quantitative estimate of drug-likeness (QED) is 0.359. The average Bonchev–Trinajstić information content (AvgIpc) is 3.48. The number of amides is 3. The van der Waals surface area contributed by atoms with Crippen LogP contribution in [0, 0.1) is 11.3 Å². The van der Waals surface area contributed by atoms with E-state index < -0.39 is 45.3 Å². The molecule has 0 bridgehead atoms. The summed E-state index contributed by atoms with van der Waals surface area (Å²) in [5.74, 6) is -1.62. The van der Waals surface area contributed by atoms with Crippen LogP contribution in [-0.2, 0) is 35.8 Å². The standard InChI is InChI=1S/C36H48N4O7S/c1-35(2,3)47-34(44)38-29-18-8-6-4-5-7-16-27-23-36(27,24-31(41)30-19-12-22-40(30)32(29)42)33(43)39-48(45,46)37-21-20-26-15-11-14-25-13-9-10-17-28(25)26/h7,9-11,13-17,27,29-30,37H,4-6,8,12,18-24H2,1-3H3,(H,38,44)(H,39,43)/b16-7-/t27-,29+,30+,36-/m1/s1. The van der Waals surface area contributed by atoms with Crippen LogP contribution in [0.5, 0.6) is 0 Å². The van der Waals surface area contributed by atoms with Gasteiger partial charge in [-0.05, 0) is 88.0 Å². The van der Waals surface area contributed by atoms with Gasteiger partial charge >= 0.3 is 16.3 Å². The lowest BCUT2D eigenvalue weighted by Crippen LogP contribution is -2.53. The van der Waals surface area contributed by atoms with Gasteiger partial charge in [0.2, 0.25) is 11.8 Å². The normalized spacial score (nSPS) is 26.1. The number of ketones is 1. The Kier molecular flexibility index (Phi) is 10.9. The molecule has 2 aromatic rings. The third kappa shape index (κ3) is 8.82. The molecule has 1 aliphatic carbocycles. The Morgan fingerprint density at radius 1 is 1.00 bits per heavy atom. The molecule has 3 N–H and O–H groups in total. The summed E-state index contributed by atoms with van der Waals surface area (Å²) < 4.78 is 36.3. The highest BCUT2D eigenvalue weighted by atomic mass is 32.2. The van der Waals surface area contributed by atoms with Crippen molar-refractivity contribution in [3.05, 3.63) is 60.2 Å². The summed E-state index contributed by atoms with van der Waals surface area (Å²) in [6.45, 7) is 5.69. The first-order valence-electron chi connectivity index (χ1n) is 17.1. The molecular formula is C36H48N4O7S. The van der Waals surface area contributed by atoms with E-state index in [-0.39, 0.29) is 30.6 Å². The highest BCUT2D eigenvalue weighted by Gasteiger charge is 2.61. The summed E-state index contributed by atoms with van der Waals surface area (Å²) in [5.41, 5.74) is -0.968. The average molecular weight is 681 g/mol. The van der Waals surface area contributed by atoms with Crippen LogP contribution in [-0.4, -0.2) is 67.8 Å². The molecule has 5 rings (SSSR count). The van der Waals surface area contributed by atoms with Crippen molar-refractivity contribution < 1.29 is 32.3 Å². The van der Waals surface area contributed by atoms with E-state index in [0.717, 1.165) is 35.6 Å². The number of Topliss-reactive ketones (excluding diaryl/α,β-unsaturated/α-hetero) is 1. The number of hydrogen-bond acceptors (Lipinski definition) is 7. The van der Waals surface area contributed by atoms with Gasteiger partial charge in [0.25, 0.3) is 0 Å². The van der Waals surface area contributed by atoms with Crippen LogP contribution < -0.4 is 14.8 Å². The van der Waals surface area contributed by atoms with Crippen molar-refractivity contribution in [1.29, 1.82) is 0 Å². The zero-order chi connectivity index (χ0) is 34.5. The molecule has 48 heavy (non-hydrogen) atoms. The molecule has 2 heterocycles. The van der Waals surface area contributed by atoms with E-state index in [4.69, 9.17) is 4.74 Å². The minimum atomic E-state index is -4.21. The van der Waals surface area contributed by atoms with Crippen molar-refractivity contribution in [2.45, 2.75) is 103 Å². The van der Waals surface area contributed by atoms with E-state index >= 15 is 0 Å². The highest BCUT2D eigenvalue weighted by molar-refractivity contribution is 7.88. The second-order valence-electron chi connectivity index (χ2n) is 14.3. The number of rotatable bonds is 7. The third-order valence-corrected chi connectivity index (χ3v) is 10.5. The number of benzene rings is 2. The second-order valence-corrected chi connectivity index (χ2v) is 15.8. The van der Waals surface area contributed by atoms with Gasteiger partial charge < -0.3 is 15.0 Å². The first kappa shape index (κ1) is 35.5. The summed E-state index contributed by atoms with van der Waals surface area (Å²) >= 11 is 0. The van der Waals surface area contributed by atoms with E-state index in [0.29, 0.717) is 45.1 Å². The third-order valence-electron chi connectivity index (χ3n) is 9.50. The Bertz CT molecular complexity index is 1660. The van der Waals surface area contributed by atoms with Gasteiger partial charge in [0.1, 0.15) is 11.6 Å². The van der Waals surface area contributed by atoms with Crippen molar-refractivity contribution in [3.8, 4) is 0 Å². The van der Waals surface area contributed by atoms with Gasteiger partial charge in [-0.1, -0.05) is 67.5 Å². The summed E-state index contributed by atoms with van der Waals surface area (Å²) in [7, 11) is -4.21. The summed E-state index contributed by atoms with van der Waals surface area (Å²) in [6, 6.07) is 12.2. The van der Waals surface area contributed by atoms with Crippen LogP contribution in [0.4, 0.5) is 4.79 Å². The van der Waals surface area contributed by atoms with Crippen molar-refractivity contribution in [3.63, 3.8) is 0 Å². The second kappa shape index (κ2) is 14.8. The summed E-state index contributed by atoms with van der Waals surface area (Å²) in [5, 5.41) is 4.83. The maximum atomic E-state index is 13.9. The molecule has 3 amide bonds. The van der Waals surface area contributed by atoms with Crippen molar-refractivity contribution >= 4 is 44.7 Å². The summed E-state index contributed by atoms with van der Waals surface area (Å²) in [6.07, 6.45) is 8.40. The van der Waals surface area contributed by atoms with E-state index in [2.05, 4.69) is 14.8 Å². The van der Waals surface area contributed by atoms with Crippen LogP contribution in [0.2, 0.25) is 0 Å². The zero-order valence-electron chi connectivity index (χ0n) is 28.1. The van der Waals surface area contributed by atoms with Gasteiger partial charge in [-0.3, -0.25) is 14.4 Å². The minimum Gasteiger partial charge on any atom is -0.444 e. The van der Waals surface area contributed by atoms with E-state index in [1.54, 1.807) is 20.8 Å². The number of hydrogen-bond donors (Lipinski definition) is 3. The lowest BCUT2D eigenvalue weighted by Gasteiger charge is -2.30. The van der Waals surface area contributed by atoms with E-state index in [1.807, 2.05) is 54.6 Å². The lowest BCUT2D eigenvalue weighted by atomic mass is 9.91. The van der Waals surface area contributed by atoms with Gasteiger partial charge in [-0.2, -0.15) is 13.1 Å². The van der Waals surface area contributed by atoms with E-state index in [9.17, 15) is 27.6 Å². The number of nitrogens with one attached hydrogen (secondary N) is 3. The molecule has 2 aromatic carbocycles. The van der Waals surface area contributed by atoms with Gasteiger partial charge in [0, 0.05) is 19.5 Å². The SMILES string of the molecule is CC(C)(C)OC(=O)N[C@H]1CCCCC/C=C\[C@@H]2C[C@@]2(C(=O)NS(=O)(=O)NCCc2cccc3ccccc23)CC(=O)[C@@H]2CCCN2C1=O. The molecule has 1 saturated heterocycles. The molecule has 0 unspecified atom stereocenters. The Morgan fingerprint density at radius 2 is 1.77 bits per heavy atom. The van der Waals surface area contributed by atoms with Gasteiger partial charge in [-0.25, -0.2) is 9.52 Å². The summed E-state index contributed by atoms with van der Waals surface area (Å²) in [4.78, 5) is 55.5. The largest absolute Gasteiger partial charge is 0.444 e. The van der Waals surface area contributed by atoms with Crippen molar-refractivity contribution in [2.24, 2.45) is 11.3 Å². The van der Waals surface area contributed by atoms with Gasteiger partial charge in [0.05, 0.1) is 11.5 Å². The Morgan fingerprint density at radius 3 is 2.56 bits per heavy atom. The zero-order valence-corrected chi connectivity index (χ0v) is 28.9. The van der Waals surface area contributed by atoms with Gasteiger partial charge in [0.15, 0.2) is 5.78 Å². The predicted molar refractivity (Wildman–Crippen MR) is 183 cm³/mol. The Hall–Kier alpha value is -3.77. The first-order chi connectivity index (χ1) is 22.8. The first-order valence-corrected chi connectivity index (χ1v) is 18.5. The number of fused-ring (bicyclic) bond motifs is 3. The predicted octanol–water partition coefficient (Wildman–Crippen LogP) is 4.70. The molecule has 2 fully saturated rings. The highest BCUT2D eigenvalue weighted by Crippen LogP contribution is 2.57. The molecule has 260 valence electrons. The molecule has 1 saturated carbocycles. The minimum absolute atomic E-state index is 0.0868. The van der Waals surface area contributed by atoms with Crippen molar-refractivity contribution in [2.75, 3.05) is 13.1 Å². The fourth-order valence-electron chi connectivity index (χ4n) is 6.97. The Labute approximate surface area is 283 Å². The monoisotopic (exact) mass is 680 g/mol. The lowest BCUT2D eigenvalue weighted by molar-refractivity contribution is -0.140. The molecule has 0 radical (unpaired) electrons. The number of allylic oxidation sites excluding steroid dienone is 2. The Balaban J connectivity index is 1.28. The molecule has 0 aromatic heterocycles. The number of carbonyl (C=O) groups is 4. The van der Waals surface area contributed by atoms with Crippen LogP contribution in [0.3, 0.4) is 0 Å². The number of ether oxygens (including phenoxy) is 1. The van der Waals surface area contributed by atoms with Crippen molar-refractivity contribution in [1.82, 2.24) is 19.7 Å². The molecule has 11 nitrogen and oxygen atoms in total. The van der Waals surface area contributed by atoms with Crippen LogP contribution in [0.15, 0.2) is 54.6 Å². The molecule has 3 aliphatic rings. The molecule has 2 aliphatic heterocycles. The molecule has 12 heteroatoms. The maximum Gasteiger partial charge on any atom is 0.408 e. The fourth-order valence-corrected chi connectivity index (χ4v) is 7.86. The number of alkyl carbamates (subject to hydrolysis) is 1. The van der Waals surface area contributed by atoms with Crippen LogP contribution >= 0.6 is 0 Å². The number of nitrogens with zero attached hydrogens (tertiary/aromatic N) is 1.